The van der Waals surface area contributed by atoms with Crippen LogP contribution in [-0.4, -0.2) is 159 Å². The van der Waals surface area contributed by atoms with Gasteiger partial charge in [0.25, 0.3) is 5.56 Å². The molecule has 0 bridgehead atoms. The number of carboxylic acid groups (broad SMARTS) is 1. The number of hydrogen-bond donors (Lipinski definition) is 10. The van der Waals surface area contributed by atoms with Crippen LogP contribution in [0.15, 0.2) is 83.7 Å². The highest BCUT2D eigenvalue weighted by atomic mass is 19.1. The van der Waals surface area contributed by atoms with Gasteiger partial charge in [-0.15, -0.1) is 0 Å². The number of esters is 1. The molecule has 1 aliphatic carbocycles. The Kier molecular flexibility index (Phi) is 21.6. The molecule has 5 aliphatic rings. The van der Waals surface area contributed by atoms with Crippen molar-refractivity contribution >= 4 is 76.3 Å². The van der Waals surface area contributed by atoms with Crippen molar-refractivity contribution in [1.82, 2.24) is 36.1 Å². The number of methoxy groups -OCH3 is 1. The van der Waals surface area contributed by atoms with E-state index in [2.05, 4.69) is 26.6 Å². The van der Waals surface area contributed by atoms with E-state index in [1.54, 1.807) is 18.7 Å². The van der Waals surface area contributed by atoms with Crippen molar-refractivity contribution in [1.29, 1.82) is 0 Å². The van der Waals surface area contributed by atoms with Crippen LogP contribution in [0.25, 0.3) is 34.4 Å². The SMILES string of the molecule is CCC1(O)C(=O)OCc2c1cc1n(c2=O)Cc2c-1nc1cc(F)c(C)c3c1c2C(NC(=O)OCc1ccc(OC2OC(C(=O)O)C(O)C(O)C2O)c(CNC(=O)CCNC(=O)C(CNC(=O)CCOCCOC)NC(=O)CCC(=O)N2Cc4ccccc4/C=C\c4ccccc42)c1)CC3. The number of halogens is 1. The summed E-state index contributed by atoms with van der Waals surface area (Å²) in [4.78, 5) is 128. The number of ether oxygens (including phenoxy) is 6. The lowest BCUT2D eigenvalue weighted by Gasteiger charge is -2.38. The van der Waals surface area contributed by atoms with Crippen LogP contribution in [0.5, 0.6) is 5.75 Å². The largest absolute Gasteiger partial charge is 0.479 e. The number of aryl methyl sites for hydroxylation is 1. The molecule has 6 aromatic rings. The van der Waals surface area contributed by atoms with Gasteiger partial charge in [-0.1, -0.05) is 67.6 Å². The van der Waals surface area contributed by atoms with E-state index in [4.69, 9.17) is 33.4 Å². The molecule has 28 nitrogen and oxygen atoms in total. The van der Waals surface area contributed by atoms with Crippen LogP contribution in [0.3, 0.4) is 0 Å². The number of carbonyl (C=O) groups is 8. The average Bonchev–Trinajstić information content (AvgIpc) is 1.61. The number of rotatable bonds is 25. The fourth-order valence-electron chi connectivity index (χ4n) is 12.9. The lowest BCUT2D eigenvalue weighted by Crippen LogP contribution is -2.61. The van der Waals surface area contributed by atoms with Crippen LogP contribution in [0.2, 0.25) is 0 Å². The van der Waals surface area contributed by atoms with Gasteiger partial charge >= 0.3 is 18.0 Å². The van der Waals surface area contributed by atoms with Crippen molar-refractivity contribution in [2.24, 2.45) is 0 Å². The molecule has 10 N–H and O–H groups in total. The normalized spacial score (nSPS) is 20.8. The van der Waals surface area contributed by atoms with Crippen LogP contribution in [-0.2, 0) is 102 Å². The quantitative estimate of drug-likeness (QED) is 0.0290. The smallest absolute Gasteiger partial charge is 0.407 e. The lowest BCUT2D eigenvalue weighted by molar-refractivity contribution is -0.271. The van der Waals surface area contributed by atoms with Crippen LogP contribution in [0.1, 0.15) is 113 Å². The van der Waals surface area contributed by atoms with Crippen molar-refractivity contribution in [3.8, 4) is 17.1 Å². The predicted molar refractivity (Wildman–Crippen MR) is 349 cm³/mol. The molecule has 1 fully saturated rings. The Bertz CT molecular complexity index is 4280. The molecule has 6 heterocycles. The summed E-state index contributed by atoms with van der Waals surface area (Å²) in [6, 6.07) is 19.8. The standard InChI is InChI=1S/C70H75FN8O20/c1-4-70(93)45-28-51-59-43(33-79(51)65(88)44(45)35-96-68(70)91)58-47(17-16-42-36(2)46(71)29-48(76-59)57(42)58)77-69(92)97-34-37-13-18-52(98-67-62(86)60(84)61(85)63(99-67)66(89)90)41(27-37)30-73-53(80)21-23-72-64(87)49(31-74-54(81)22-24-95-26-25-94-3)75-55(82)19-20-56(83)78-32-40-11-6-5-9-38(40)14-15-39-10-7-8-12-50(39)78/h5-15,18,27-29,47,49,60-63,67,84-86,93H,4,16-17,19-26,30-35H2,1-3H3,(H,72,87)(H,73,80)(H,74,81)(H,75,82)(H,77,92)(H,89,90)/b15-14-. The molecule has 522 valence electrons. The number of aliphatic hydroxyl groups is 4. The number of alkyl carbamates (subject to hydrolysis) is 1. The highest BCUT2D eigenvalue weighted by molar-refractivity contribution is 5.99. The molecule has 8 atom stereocenters. The third-order valence-corrected chi connectivity index (χ3v) is 18.3. The highest BCUT2D eigenvalue weighted by Gasteiger charge is 2.49. The lowest BCUT2D eigenvalue weighted by atomic mass is 9.81. The minimum atomic E-state index is -2.11. The van der Waals surface area contributed by atoms with E-state index in [1.165, 1.54) is 42.0 Å². The minimum Gasteiger partial charge on any atom is -0.479 e. The number of aromatic nitrogens is 2. The van der Waals surface area contributed by atoms with E-state index < -0.39 is 108 Å². The number of amides is 6. The zero-order valence-electron chi connectivity index (χ0n) is 54.3. The van der Waals surface area contributed by atoms with E-state index in [-0.39, 0.29) is 136 Å². The zero-order chi connectivity index (χ0) is 70.4. The molecular weight excluding hydrogens is 1290 g/mol. The molecule has 29 heteroatoms. The minimum absolute atomic E-state index is 0.0239. The summed E-state index contributed by atoms with van der Waals surface area (Å²) < 4.78 is 49.8. The Balaban J connectivity index is 0.765. The molecule has 2 aromatic heterocycles. The molecular formula is C70H75FN8O20. The van der Waals surface area contributed by atoms with Crippen molar-refractivity contribution in [3.63, 3.8) is 0 Å². The summed E-state index contributed by atoms with van der Waals surface area (Å²) in [5.41, 5.74) is 4.17. The van der Waals surface area contributed by atoms with Crippen LogP contribution >= 0.6 is 0 Å². The summed E-state index contributed by atoms with van der Waals surface area (Å²) in [6.45, 7) is 2.15. The van der Waals surface area contributed by atoms with Gasteiger partial charge in [0.1, 0.15) is 49.1 Å². The van der Waals surface area contributed by atoms with Crippen molar-refractivity contribution in [3.05, 3.63) is 156 Å². The number of cyclic esters (lactones) is 1. The number of pyridine rings is 2. The first-order valence-corrected chi connectivity index (χ1v) is 32.4. The van der Waals surface area contributed by atoms with Gasteiger partial charge in [0, 0.05) is 80.6 Å². The molecule has 0 spiro atoms. The third-order valence-electron chi connectivity index (χ3n) is 18.3. The Hall–Kier alpha value is -10.0. The number of fused-ring (bicyclic) bond motifs is 7. The number of hydrogen-bond acceptors (Lipinski definition) is 20. The maximum atomic E-state index is 15.6. The third kappa shape index (κ3) is 15.0. The van der Waals surface area contributed by atoms with Gasteiger partial charge in [-0.25, -0.2) is 23.8 Å². The second kappa shape index (κ2) is 30.4. The molecule has 8 unspecified atom stereocenters. The monoisotopic (exact) mass is 1370 g/mol. The molecule has 0 radical (unpaired) electrons. The van der Waals surface area contributed by atoms with E-state index in [0.29, 0.717) is 51.9 Å². The maximum absolute atomic E-state index is 15.6. The first-order chi connectivity index (χ1) is 47.6. The van der Waals surface area contributed by atoms with Crippen molar-refractivity contribution in [2.45, 2.75) is 140 Å². The number of anilines is 1. The summed E-state index contributed by atoms with van der Waals surface area (Å²) in [6.07, 6.45) is -7.57. The molecule has 0 saturated carbocycles. The zero-order valence-corrected chi connectivity index (χ0v) is 54.3. The fraction of sp³-hybridized carbons (Fsp3) is 0.400. The van der Waals surface area contributed by atoms with Gasteiger partial charge in [-0.2, -0.15) is 0 Å². The van der Waals surface area contributed by atoms with Gasteiger partial charge in [0.05, 0.1) is 67.1 Å². The van der Waals surface area contributed by atoms with Gasteiger partial charge in [0.2, 0.25) is 35.8 Å². The molecule has 99 heavy (non-hydrogen) atoms. The number of nitrogens with one attached hydrogen (secondary N) is 5. The number of benzene rings is 4. The summed E-state index contributed by atoms with van der Waals surface area (Å²) >= 11 is 0. The van der Waals surface area contributed by atoms with Crippen molar-refractivity contribution in [2.75, 3.05) is 44.9 Å². The first kappa shape index (κ1) is 70.3. The summed E-state index contributed by atoms with van der Waals surface area (Å²) in [5, 5.41) is 67.2. The van der Waals surface area contributed by atoms with Crippen LogP contribution in [0.4, 0.5) is 14.9 Å². The molecule has 4 aromatic carbocycles. The van der Waals surface area contributed by atoms with Crippen LogP contribution < -0.4 is 41.8 Å². The molecule has 11 rings (SSSR count). The van der Waals surface area contributed by atoms with Gasteiger partial charge in [-0.05, 0) is 89.4 Å². The van der Waals surface area contributed by atoms with Gasteiger partial charge in [-0.3, -0.25) is 28.8 Å². The molecule has 1 saturated heterocycles. The van der Waals surface area contributed by atoms with Gasteiger partial charge < -0.3 is 90.0 Å². The topological polar surface area (TPSA) is 391 Å². The Labute approximate surface area is 565 Å². The highest BCUT2D eigenvalue weighted by Crippen LogP contribution is 2.46. The van der Waals surface area contributed by atoms with E-state index in [0.717, 1.165) is 16.7 Å². The summed E-state index contributed by atoms with van der Waals surface area (Å²) in [5.74, 6) is -6.22. The maximum Gasteiger partial charge on any atom is 0.407 e. The van der Waals surface area contributed by atoms with E-state index >= 15 is 4.39 Å². The average molecular weight is 1370 g/mol. The Morgan fingerprint density at radius 1 is 0.818 bits per heavy atom. The van der Waals surface area contributed by atoms with E-state index in [9.17, 15) is 68.7 Å². The Morgan fingerprint density at radius 2 is 1.58 bits per heavy atom. The first-order valence-electron chi connectivity index (χ1n) is 32.4. The van der Waals surface area contributed by atoms with Crippen molar-refractivity contribution < 1.29 is 96.7 Å². The number of carbonyl (C=O) groups excluding carboxylic acids is 7. The van der Waals surface area contributed by atoms with Gasteiger partial charge in [0.15, 0.2) is 11.7 Å². The number of aliphatic carboxylic acids is 1. The number of nitrogens with zero attached hydrogens (tertiary/aromatic N) is 3. The molecule has 4 aliphatic heterocycles. The predicted octanol–water partition coefficient (Wildman–Crippen LogP) is 2.99. The number of aliphatic hydroxyl groups excluding tert-OH is 3. The Morgan fingerprint density at radius 3 is 2.35 bits per heavy atom. The molecule has 6 amide bonds. The second-order valence-corrected chi connectivity index (χ2v) is 24.6. The fourth-order valence-corrected chi connectivity index (χ4v) is 12.9. The van der Waals surface area contributed by atoms with E-state index in [1.807, 2.05) is 60.7 Å². The summed E-state index contributed by atoms with van der Waals surface area (Å²) in [7, 11) is 1.50. The van der Waals surface area contributed by atoms with Crippen LogP contribution in [0, 0.1) is 12.7 Å². The number of carboxylic acids is 1. The second-order valence-electron chi connectivity index (χ2n) is 24.6. The number of para-hydroxylation sites is 1.